The van der Waals surface area contributed by atoms with Crippen molar-refractivity contribution in [2.24, 2.45) is 0 Å². The second-order valence-electron chi connectivity index (χ2n) is 6.35. The first-order chi connectivity index (χ1) is 11.1. The molecule has 3 rings (SSSR count). The van der Waals surface area contributed by atoms with Gasteiger partial charge in [0.05, 0.1) is 5.69 Å². The van der Waals surface area contributed by atoms with Gasteiger partial charge in [-0.15, -0.1) is 0 Å². The van der Waals surface area contributed by atoms with Gasteiger partial charge < -0.3 is 14.5 Å². The first kappa shape index (κ1) is 15.8. The monoisotopic (exact) mass is 316 g/mol. The third-order valence-corrected chi connectivity index (χ3v) is 4.54. The van der Waals surface area contributed by atoms with Crippen molar-refractivity contribution in [1.29, 1.82) is 0 Å². The fourth-order valence-electron chi connectivity index (χ4n) is 3.25. The van der Waals surface area contributed by atoms with E-state index in [2.05, 4.69) is 0 Å². The molecule has 0 aliphatic carbocycles. The molecule has 5 heteroatoms. The maximum atomic E-state index is 12.2. The van der Waals surface area contributed by atoms with Crippen molar-refractivity contribution in [1.82, 2.24) is 4.90 Å². The molecule has 2 aliphatic rings. The lowest BCUT2D eigenvalue weighted by atomic mass is 10.1. The standard InChI is InChI=1S/C18H24N2O3/c1-14-7-8-16-15(12-14)20(18(22)13-23-16)11-5-6-17(21)19-9-3-2-4-10-19/h7-8,12H,2-6,9-11,13H2,1H3. The molecule has 1 fully saturated rings. The number of hydrogen-bond acceptors (Lipinski definition) is 3. The molecule has 0 radical (unpaired) electrons. The highest BCUT2D eigenvalue weighted by molar-refractivity contribution is 5.98. The van der Waals surface area contributed by atoms with Gasteiger partial charge in [0.2, 0.25) is 5.91 Å². The zero-order valence-corrected chi connectivity index (χ0v) is 13.7. The Labute approximate surface area is 137 Å². The highest BCUT2D eigenvalue weighted by Crippen LogP contribution is 2.33. The van der Waals surface area contributed by atoms with Gasteiger partial charge in [0, 0.05) is 26.1 Å². The first-order valence-corrected chi connectivity index (χ1v) is 8.47. The van der Waals surface area contributed by atoms with Gasteiger partial charge >= 0.3 is 0 Å². The van der Waals surface area contributed by atoms with Gasteiger partial charge in [0.25, 0.3) is 5.91 Å². The number of amides is 2. The van der Waals surface area contributed by atoms with Crippen LogP contribution in [0.3, 0.4) is 0 Å². The van der Waals surface area contributed by atoms with Crippen molar-refractivity contribution in [2.75, 3.05) is 31.1 Å². The van der Waals surface area contributed by atoms with Gasteiger partial charge in [-0.1, -0.05) is 6.07 Å². The molecule has 1 aromatic carbocycles. The predicted octanol–water partition coefficient (Wildman–Crippen LogP) is 2.51. The maximum absolute atomic E-state index is 12.2. The number of carbonyl (C=O) groups is 2. The van der Waals surface area contributed by atoms with Gasteiger partial charge in [-0.2, -0.15) is 0 Å². The molecule has 124 valence electrons. The summed E-state index contributed by atoms with van der Waals surface area (Å²) in [7, 11) is 0. The summed E-state index contributed by atoms with van der Waals surface area (Å²) in [6.07, 6.45) is 4.64. The molecule has 1 aromatic rings. The second-order valence-corrected chi connectivity index (χ2v) is 6.35. The Morgan fingerprint density at radius 2 is 2.00 bits per heavy atom. The van der Waals surface area contributed by atoms with E-state index in [1.54, 1.807) is 4.90 Å². The molecule has 0 unspecified atom stereocenters. The lowest BCUT2D eigenvalue weighted by Gasteiger charge is -2.30. The van der Waals surface area contributed by atoms with Crippen molar-refractivity contribution in [3.8, 4) is 5.75 Å². The second kappa shape index (κ2) is 7.02. The third kappa shape index (κ3) is 3.66. The zero-order chi connectivity index (χ0) is 16.2. The minimum Gasteiger partial charge on any atom is -0.482 e. The van der Waals surface area contributed by atoms with Crippen LogP contribution in [0.4, 0.5) is 5.69 Å². The lowest BCUT2D eigenvalue weighted by Crippen LogP contribution is -2.40. The van der Waals surface area contributed by atoms with Crippen LogP contribution in [-0.2, 0) is 9.59 Å². The molecule has 0 spiro atoms. The molecule has 0 atom stereocenters. The Morgan fingerprint density at radius 3 is 2.78 bits per heavy atom. The molecule has 0 aromatic heterocycles. The van der Waals surface area contributed by atoms with Crippen LogP contribution in [0.1, 0.15) is 37.7 Å². The molecular formula is C18H24N2O3. The molecule has 1 saturated heterocycles. The minimum absolute atomic E-state index is 0.0338. The molecule has 23 heavy (non-hydrogen) atoms. The van der Waals surface area contributed by atoms with E-state index in [-0.39, 0.29) is 18.4 Å². The van der Waals surface area contributed by atoms with E-state index in [0.29, 0.717) is 19.4 Å². The zero-order valence-electron chi connectivity index (χ0n) is 13.7. The van der Waals surface area contributed by atoms with Crippen LogP contribution >= 0.6 is 0 Å². The molecule has 2 heterocycles. The third-order valence-electron chi connectivity index (χ3n) is 4.54. The summed E-state index contributed by atoms with van der Waals surface area (Å²) in [6, 6.07) is 5.86. The van der Waals surface area contributed by atoms with Crippen molar-refractivity contribution >= 4 is 17.5 Å². The van der Waals surface area contributed by atoms with Crippen LogP contribution in [0, 0.1) is 6.92 Å². The van der Waals surface area contributed by atoms with E-state index >= 15 is 0 Å². The van der Waals surface area contributed by atoms with Gasteiger partial charge in [-0.25, -0.2) is 0 Å². The maximum Gasteiger partial charge on any atom is 0.265 e. The van der Waals surface area contributed by atoms with E-state index in [9.17, 15) is 9.59 Å². The first-order valence-electron chi connectivity index (χ1n) is 8.47. The van der Waals surface area contributed by atoms with Crippen molar-refractivity contribution in [3.05, 3.63) is 23.8 Å². The van der Waals surface area contributed by atoms with Crippen LogP contribution in [0.5, 0.6) is 5.75 Å². The Bertz CT molecular complexity index is 594. The number of nitrogens with zero attached hydrogens (tertiary/aromatic N) is 2. The summed E-state index contributed by atoms with van der Waals surface area (Å²) in [5, 5.41) is 0. The molecule has 5 nitrogen and oxygen atoms in total. The average Bonchev–Trinajstić information content (AvgIpc) is 2.57. The number of benzene rings is 1. The Balaban J connectivity index is 1.58. The van der Waals surface area contributed by atoms with Gasteiger partial charge in [0.15, 0.2) is 6.61 Å². The quantitative estimate of drug-likeness (QED) is 0.857. The van der Waals surface area contributed by atoms with E-state index in [4.69, 9.17) is 4.74 Å². The fraction of sp³-hybridized carbons (Fsp3) is 0.556. The van der Waals surface area contributed by atoms with Crippen LogP contribution in [0.15, 0.2) is 18.2 Å². The van der Waals surface area contributed by atoms with Crippen molar-refractivity contribution in [2.45, 2.75) is 39.0 Å². The SMILES string of the molecule is Cc1ccc2c(c1)N(CCCC(=O)N1CCCCC1)C(=O)CO2. The summed E-state index contributed by atoms with van der Waals surface area (Å²) >= 11 is 0. The summed E-state index contributed by atoms with van der Waals surface area (Å²) in [5.74, 6) is 0.931. The number of hydrogen-bond donors (Lipinski definition) is 0. The largest absolute Gasteiger partial charge is 0.482 e. The molecule has 2 aliphatic heterocycles. The minimum atomic E-state index is -0.0338. The van der Waals surface area contributed by atoms with E-state index in [1.165, 1.54) is 6.42 Å². The summed E-state index contributed by atoms with van der Waals surface area (Å²) in [4.78, 5) is 28.1. The van der Waals surface area contributed by atoms with E-state index in [0.717, 1.165) is 42.9 Å². The van der Waals surface area contributed by atoms with Crippen LogP contribution in [0.25, 0.3) is 0 Å². The Kier molecular flexibility index (Phi) is 4.84. The summed E-state index contributed by atoms with van der Waals surface area (Å²) in [5.41, 5.74) is 1.92. The molecule has 2 amide bonds. The van der Waals surface area contributed by atoms with Crippen molar-refractivity contribution < 1.29 is 14.3 Å². The number of fused-ring (bicyclic) bond motifs is 1. The number of aryl methyl sites for hydroxylation is 1. The normalized spacial score (nSPS) is 17.7. The summed E-state index contributed by atoms with van der Waals surface area (Å²) in [6.45, 7) is 4.42. The number of anilines is 1. The fourth-order valence-corrected chi connectivity index (χ4v) is 3.25. The molecule has 0 saturated carbocycles. The van der Waals surface area contributed by atoms with Crippen LogP contribution < -0.4 is 9.64 Å². The van der Waals surface area contributed by atoms with E-state index < -0.39 is 0 Å². The highest BCUT2D eigenvalue weighted by atomic mass is 16.5. The number of piperidine rings is 1. The number of rotatable bonds is 4. The number of likely N-dealkylation sites (tertiary alicyclic amines) is 1. The average molecular weight is 316 g/mol. The summed E-state index contributed by atoms with van der Waals surface area (Å²) < 4.78 is 5.48. The molecular weight excluding hydrogens is 292 g/mol. The topological polar surface area (TPSA) is 49.9 Å². The van der Waals surface area contributed by atoms with Gasteiger partial charge in [-0.3, -0.25) is 9.59 Å². The number of carbonyl (C=O) groups excluding carboxylic acids is 2. The van der Waals surface area contributed by atoms with Gasteiger partial charge in [0.1, 0.15) is 5.75 Å². The highest BCUT2D eigenvalue weighted by Gasteiger charge is 2.25. The number of ether oxygens (including phenoxy) is 1. The molecule has 0 N–H and O–H groups in total. The smallest absolute Gasteiger partial charge is 0.265 e. The van der Waals surface area contributed by atoms with Crippen LogP contribution in [0.2, 0.25) is 0 Å². The Morgan fingerprint density at radius 1 is 1.22 bits per heavy atom. The van der Waals surface area contributed by atoms with Crippen molar-refractivity contribution in [3.63, 3.8) is 0 Å². The predicted molar refractivity (Wildman–Crippen MR) is 88.7 cm³/mol. The lowest BCUT2D eigenvalue weighted by molar-refractivity contribution is -0.132. The van der Waals surface area contributed by atoms with Gasteiger partial charge in [-0.05, 0) is 50.3 Å². The van der Waals surface area contributed by atoms with Crippen LogP contribution in [-0.4, -0.2) is 43.0 Å². The van der Waals surface area contributed by atoms with E-state index in [1.807, 2.05) is 30.0 Å². The molecule has 0 bridgehead atoms. The Hall–Kier alpha value is -2.04.